The van der Waals surface area contributed by atoms with Gasteiger partial charge in [-0.05, 0) is 37.0 Å². The number of benzene rings is 1. The Morgan fingerprint density at radius 1 is 1.18 bits per heavy atom. The van der Waals surface area contributed by atoms with Crippen molar-refractivity contribution in [3.05, 3.63) is 52.8 Å². The van der Waals surface area contributed by atoms with Crippen LogP contribution in [-0.4, -0.2) is 15.9 Å². The maximum absolute atomic E-state index is 11.4. The summed E-state index contributed by atoms with van der Waals surface area (Å²) in [6.07, 6.45) is 6.05. The number of hydrogen-bond acceptors (Lipinski definition) is 5. The van der Waals surface area contributed by atoms with Crippen molar-refractivity contribution >= 4 is 23.5 Å². The normalized spacial score (nSPS) is 15.7. The number of amides is 1. The third kappa shape index (κ3) is 2.75. The molecule has 22 heavy (non-hydrogen) atoms. The van der Waals surface area contributed by atoms with Gasteiger partial charge in [-0.3, -0.25) is 10.2 Å². The fourth-order valence-corrected chi connectivity index (χ4v) is 2.72. The molecule has 0 radical (unpaired) electrons. The Hall–Kier alpha value is -2.18. The Balaban J connectivity index is 1.81. The van der Waals surface area contributed by atoms with E-state index in [9.17, 15) is 4.79 Å². The Kier molecular flexibility index (Phi) is 3.96. The molecule has 1 amide bonds. The molecule has 7 heteroatoms. The molecule has 3 rings (SSSR count). The monoisotopic (exact) mass is 317 g/mol. The first-order valence-electron chi connectivity index (χ1n) is 7.00. The van der Waals surface area contributed by atoms with Crippen LogP contribution in [0.1, 0.15) is 35.2 Å². The van der Waals surface area contributed by atoms with Crippen LogP contribution in [0.3, 0.4) is 0 Å². The largest absolute Gasteiger partial charge is 0.345 e. The van der Waals surface area contributed by atoms with Crippen molar-refractivity contribution in [2.24, 2.45) is 5.84 Å². The van der Waals surface area contributed by atoms with Gasteiger partial charge in [0.25, 0.3) is 5.91 Å². The van der Waals surface area contributed by atoms with Gasteiger partial charge in [-0.2, -0.15) is 0 Å². The van der Waals surface area contributed by atoms with Gasteiger partial charge in [0.05, 0.1) is 11.1 Å². The molecule has 1 aromatic carbocycles. The van der Waals surface area contributed by atoms with Gasteiger partial charge in [0.15, 0.2) is 0 Å². The summed E-state index contributed by atoms with van der Waals surface area (Å²) in [7, 11) is 0. The molecule has 0 saturated heterocycles. The number of anilines is 1. The van der Waals surface area contributed by atoms with E-state index in [1.165, 1.54) is 12.4 Å². The summed E-state index contributed by atoms with van der Waals surface area (Å²) in [4.78, 5) is 19.8. The summed E-state index contributed by atoms with van der Waals surface area (Å²) in [5.41, 5.74) is 3.37. The molecule has 0 aliphatic heterocycles. The highest BCUT2D eigenvalue weighted by Gasteiger charge is 2.39. The topological polar surface area (TPSA) is 92.9 Å². The number of nitrogens with two attached hydrogens (primary N) is 1. The molecule has 0 bridgehead atoms. The zero-order valence-electron chi connectivity index (χ0n) is 11.8. The second kappa shape index (κ2) is 5.90. The van der Waals surface area contributed by atoms with E-state index < -0.39 is 5.91 Å². The fraction of sp³-hybridized carbons (Fsp3) is 0.267. The van der Waals surface area contributed by atoms with Crippen molar-refractivity contribution in [3.63, 3.8) is 0 Å². The zero-order valence-corrected chi connectivity index (χ0v) is 12.6. The van der Waals surface area contributed by atoms with E-state index in [0.29, 0.717) is 16.5 Å². The lowest BCUT2D eigenvalue weighted by Crippen LogP contribution is -2.42. The smallest absolute Gasteiger partial charge is 0.268 e. The molecule has 1 aliphatic rings. The number of nitrogen functional groups attached to an aromatic ring is 1. The minimum absolute atomic E-state index is 0.164. The van der Waals surface area contributed by atoms with Crippen LogP contribution in [0.2, 0.25) is 5.02 Å². The minimum Gasteiger partial charge on any atom is -0.345 e. The first kappa shape index (κ1) is 14.7. The number of hydrazine groups is 1. The van der Waals surface area contributed by atoms with Crippen LogP contribution < -0.4 is 16.6 Å². The predicted molar refractivity (Wildman–Crippen MR) is 84.3 cm³/mol. The number of aromatic nitrogens is 2. The van der Waals surface area contributed by atoms with Gasteiger partial charge in [-0.25, -0.2) is 15.8 Å². The van der Waals surface area contributed by atoms with Crippen LogP contribution in [0.15, 0.2) is 36.7 Å². The average Bonchev–Trinajstić information content (AvgIpc) is 2.52. The number of rotatable bonds is 4. The molecule has 1 heterocycles. The second-order valence-corrected chi connectivity index (χ2v) is 5.77. The maximum Gasteiger partial charge on any atom is 0.268 e. The van der Waals surface area contributed by atoms with Gasteiger partial charge < -0.3 is 5.32 Å². The first-order valence-corrected chi connectivity index (χ1v) is 7.38. The molecule has 1 aromatic heterocycles. The highest BCUT2D eigenvalue weighted by atomic mass is 35.5. The quantitative estimate of drug-likeness (QED) is 0.457. The third-order valence-electron chi connectivity index (χ3n) is 4.00. The predicted octanol–water partition coefficient (Wildman–Crippen LogP) is 2.22. The summed E-state index contributed by atoms with van der Waals surface area (Å²) in [6.45, 7) is 0. The third-order valence-corrected chi connectivity index (χ3v) is 4.25. The van der Waals surface area contributed by atoms with Gasteiger partial charge >= 0.3 is 0 Å². The van der Waals surface area contributed by atoms with Crippen LogP contribution in [-0.2, 0) is 5.54 Å². The van der Waals surface area contributed by atoms with E-state index in [2.05, 4.69) is 20.7 Å². The molecular formula is C15H16ClN5O. The molecule has 1 saturated carbocycles. The highest BCUT2D eigenvalue weighted by Crippen LogP contribution is 2.43. The zero-order chi connectivity index (χ0) is 15.6. The number of carbonyl (C=O) groups excluding carboxylic acids is 1. The number of halogens is 1. The Labute approximate surface area is 133 Å². The van der Waals surface area contributed by atoms with Crippen LogP contribution in [0, 0.1) is 0 Å². The molecule has 6 nitrogen and oxygen atoms in total. The van der Waals surface area contributed by atoms with E-state index in [-0.39, 0.29) is 5.54 Å². The van der Waals surface area contributed by atoms with Gasteiger partial charge in [-0.15, -0.1) is 0 Å². The van der Waals surface area contributed by atoms with E-state index in [4.69, 9.17) is 17.4 Å². The summed E-state index contributed by atoms with van der Waals surface area (Å²) in [5.74, 6) is 5.16. The van der Waals surface area contributed by atoms with E-state index >= 15 is 0 Å². The summed E-state index contributed by atoms with van der Waals surface area (Å²) in [6, 6.07) is 7.80. The van der Waals surface area contributed by atoms with Gasteiger partial charge in [-0.1, -0.05) is 23.7 Å². The highest BCUT2D eigenvalue weighted by molar-refractivity contribution is 6.30. The number of nitrogens with one attached hydrogen (secondary N) is 2. The van der Waals surface area contributed by atoms with Crippen LogP contribution in [0.4, 0.5) is 5.95 Å². The SMILES string of the molecule is NNC(=O)c1cnc(NC2(c3ccc(Cl)cc3)CCC2)nc1. The average molecular weight is 318 g/mol. The van der Waals surface area contributed by atoms with E-state index in [0.717, 1.165) is 24.8 Å². The molecule has 0 spiro atoms. The number of carbonyl (C=O) groups is 1. The molecule has 1 aliphatic carbocycles. The Morgan fingerprint density at radius 2 is 1.82 bits per heavy atom. The lowest BCUT2D eigenvalue weighted by Gasteiger charge is -2.43. The molecular weight excluding hydrogens is 302 g/mol. The van der Waals surface area contributed by atoms with Crippen molar-refractivity contribution in [1.29, 1.82) is 0 Å². The number of nitrogens with zero attached hydrogens (tertiary/aromatic N) is 2. The van der Waals surface area contributed by atoms with Crippen molar-refractivity contribution in [3.8, 4) is 0 Å². The molecule has 114 valence electrons. The van der Waals surface area contributed by atoms with Crippen molar-refractivity contribution in [2.75, 3.05) is 5.32 Å². The van der Waals surface area contributed by atoms with Gasteiger partial charge in [0.2, 0.25) is 5.95 Å². The summed E-state index contributed by atoms with van der Waals surface area (Å²) < 4.78 is 0. The summed E-state index contributed by atoms with van der Waals surface area (Å²) in [5, 5.41) is 4.10. The first-order chi connectivity index (χ1) is 10.6. The van der Waals surface area contributed by atoms with E-state index in [1.54, 1.807) is 0 Å². The lowest BCUT2D eigenvalue weighted by atomic mass is 9.72. The molecule has 0 atom stereocenters. The Bertz CT molecular complexity index is 667. The van der Waals surface area contributed by atoms with Crippen molar-refractivity contribution < 1.29 is 4.79 Å². The minimum atomic E-state index is -0.414. The van der Waals surface area contributed by atoms with E-state index in [1.807, 2.05) is 24.3 Å². The molecule has 4 N–H and O–H groups in total. The lowest BCUT2D eigenvalue weighted by molar-refractivity contribution is 0.0953. The number of hydrogen-bond donors (Lipinski definition) is 3. The second-order valence-electron chi connectivity index (χ2n) is 5.34. The molecule has 0 unspecified atom stereocenters. The van der Waals surface area contributed by atoms with Gasteiger partial charge in [0, 0.05) is 17.4 Å². The van der Waals surface area contributed by atoms with Crippen molar-refractivity contribution in [2.45, 2.75) is 24.8 Å². The Morgan fingerprint density at radius 3 is 2.32 bits per heavy atom. The standard InChI is InChI=1S/C15H16ClN5O/c16-12-4-2-11(3-5-12)15(6-1-7-15)20-14-18-8-10(9-19-14)13(22)21-17/h2-5,8-9H,1,6-7,17H2,(H,21,22)(H,18,19,20). The van der Waals surface area contributed by atoms with Crippen LogP contribution >= 0.6 is 11.6 Å². The summed E-state index contributed by atoms with van der Waals surface area (Å²) >= 11 is 5.95. The van der Waals surface area contributed by atoms with Crippen LogP contribution in [0.25, 0.3) is 0 Å². The fourth-order valence-electron chi connectivity index (χ4n) is 2.59. The van der Waals surface area contributed by atoms with Crippen LogP contribution in [0.5, 0.6) is 0 Å². The van der Waals surface area contributed by atoms with Gasteiger partial charge in [0.1, 0.15) is 0 Å². The maximum atomic E-state index is 11.4. The molecule has 1 fully saturated rings. The molecule has 2 aromatic rings. The van der Waals surface area contributed by atoms with Crippen molar-refractivity contribution in [1.82, 2.24) is 15.4 Å².